The van der Waals surface area contributed by atoms with Gasteiger partial charge in [0, 0.05) is 23.1 Å². The normalized spacial score (nSPS) is 11.2. The minimum Gasteiger partial charge on any atom is -0.497 e. The number of aromatic amines is 2. The van der Waals surface area contributed by atoms with E-state index >= 15 is 0 Å². The van der Waals surface area contributed by atoms with Gasteiger partial charge < -0.3 is 24.9 Å². The number of hydrogen-bond donors (Lipinski definition) is 4. The van der Waals surface area contributed by atoms with Crippen molar-refractivity contribution in [3.05, 3.63) is 74.9 Å². The number of methoxy groups -OCH3 is 1. The molecule has 0 spiro atoms. The summed E-state index contributed by atoms with van der Waals surface area (Å²) >= 11 is 12.2. The third-order valence-corrected chi connectivity index (χ3v) is 6.35. The van der Waals surface area contributed by atoms with Gasteiger partial charge in [0.25, 0.3) is 0 Å². The second-order valence-corrected chi connectivity index (χ2v) is 8.48. The van der Waals surface area contributed by atoms with Crippen molar-refractivity contribution >= 4 is 35.1 Å². The molecule has 3 rings (SSSR count). The Balaban J connectivity index is 2.36. The van der Waals surface area contributed by atoms with Crippen LogP contribution in [0.5, 0.6) is 5.75 Å². The van der Waals surface area contributed by atoms with Gasteiger partial charge in [-0.15, -0.1) is 23.2 Å². The number of nitrogens with one attached hydrogen (secondary N) is 2. The summed E-state index contributed by atoms with van der Waals surface area (Å²) in [4.78, 5) is 30.0. The van der Waals surface area contributed by atoms with Gasteiger partial charge in [-0.1, -0.05) is 12.1 Å². The SMILES string of the molecule is COc1ccc(C(c2[nH]c(C(=O)O)c(C)c2CCCl)c2[nH]c(C(=O)O)c(C)c2CCCl)cc1. The number of H-pyrrole nitrogens is 2. The molecule has 0 saturated heterocycles. The Morgan fingerprint density at radius 2 is 1.30 bits per heavy atom. The molecule has 0 amide bonds. The molecule has 0 fully saturated rings. The zero-order valence-electron chi connectivity index (χ0n) is 18.6. The minimum absolute atomic E-state index is 0.0873. The molecule has 9 heteroatoms. The lowest BCUT2D eigenvalue weighted by Gasteiger charge is -2.20. The second kappa shape index (κ2) is 10.4. The Bertz CT molecular complexity index is 1100. The first-order valence-electron chi connectivity index (χ1n) is 10.4. The van der Waals surface area contributed by atoms with E-state index in [1.54, 1.807) is 21.0 Å². The van der Waals surface area contributed by atoms with E-state index in [4.69, 9.17) is 27.9 Å². The van der Waals surface area contributed by atoms with Crippen molar-refractivity contribution in [1.82, 2.24) is 9.97 Å². The van der Waals surface area contributed by atoms with E-state index in [2.05, 4.69) is 9.97 Å². The number of carboxylic acids is 2. The van der Waals surface area contributed by atoms with Gasteiger partial charge in [-0.25, -0.2) is 9.59 Å². The summed E-state index contributed by atoms with van der Waals surface area (Å²) < 4.78 is 5.29. The number of carbonyl (C=O) groups is 2. The summed E-state index contributed by atoms with van der Waals surface area (Å²) in [5.41, 5.74) is 5.13. The van der Waals surface area contributed by atoms with E-state index in [1.165, 1.54) is 0 Å². The molecule has 33 heavy (non-hydrogen) atoms. The summed E-state index contributed by atoms with van der Waals surface area (Å²) in [7, 11) is 1.57. The van der Waals surface area contributed by atoms with E-state index in [0.717, 1.165) is 16.7 Å². The van der Waals surface area contributed by atoms with Crippen LogP contribution in [0.3, 0.4) is 0 Å². The van der Waals surface area contributed by atoms with E-state index in [0.29, 0.717) is 52.9 Å². The average molecular weight is 493 g/mol. The first kappa shape index (κ1) is 24.7. The molecule has 2 heterocycles. The van der Waals surface area contributed by atoms with Crippen LogP contribution in [0.15, 0.2) is 24.3 Å². The summed E-state index contributed by atoms with van der Waals surface area (Å²) in [6.07, 6.45) is 0.908. The molecule has 0 bridgehead atoms. The van der Waals surface area contributed by atoms with Crippen molar-refractivity contribution in [3.8, 4) is 5.75 Å². The van der Waals surface area contributed by atoms with E-state index in [-0.39, 0.29) is 11.4 Å². The molecule has 0 unspecified atom stereocenters. The van der Waals surface area contributed by atoms with Gasteiger partial charge >= 0.3 is 11.9 Å². The fourth-order valence-corrected chi connectivity index (χ4v) is 4.72. The van der Waals surface area contributed by atoms with Crippen LogP contribution in [0.4, 0.5) is 0 Å². The topological polar surface area (TPSA) is 115 Å². The predicted molar refractivity (Wildman–Crippen MR) is 128 cm³/mol. The van der Waals surface area contributed by atoms with Crippen molar-refractivity contribution in [2.45, 2.75) is 32.6 Å². The number of aromatic carboxylic acids is 2. The van der Waals surface area contributed by atoms with Crippen LogP contribution in [0.2, 0.25) is 0 Å². The number of halogens is 2. The van der Waals surface area contributed by atoms with Crippen molar-refractivity contribution in [2.24, 2.45) is 0 Å². The van der Waals surface area contributed by atoms with Gasteiger partial charge in [0.2, 0.25) is 0 Å². The highest BCUT2D eigenvalue weighted by molar-refractivity contribution is 6.18. The highest BCUT2D eigenvalue weighted by Crippen LogP contribution is 2.39. The molecule has 0 atom stereocenters. The van der Waals surface area contributed by atoms with Crippen LogP contribution < -0.4 is 4.74 Å². The number of rotatable bonds is 10. The fraction of sp³-hybridized carbons (Fsp3) is 0.333. The lowest BCUT2D eigenvalue weighted by atomic mass is 9.86. The molecule has 2 aromatic heterocycles. The number of aromatic nitrogens is 2. The minimum atomic E-state index is -1.07. The van der Waals surface area contributed by atoms with Crippen LogP contribution >= 0.6 is 23.2 Å². The van der Waals surface area contributed by atoms with Crippen LogP contribution in [-0.4, -0.2) is 51.0 Å². The molecule has 0 aliphatic rings. The number of alkyl halides is 2. The van der Waals surface area contributed by atoms with Crippen LogP contribution in [0, 0.1) is 13.8 Å². The Labute approximate surface area is 201 Å². The van der Waals surface area contributed by atoms with Gasteiger partial charge in [0.05, 0.1) is 13.0 Å². The number of carboxylic acid groups (broad SMARTS) is 2. The molecule has 176 valence electrons. The van der Waals surface area contributed by atoms with Crippen molar-refractivity contribution in [2.75, 3.05) is 18.9 Å². The molecule has 4 N–H and O–H groups in total. The molecular weight excluding hydrogens is 467 g/mol. The fourth-order valence-electron chi connectivity index (χ4n) is 4.34. The standard InChI is InChI=1S/C24H26Cl2N2O5/c1-12-16(8-10-25)21(27-19(12)23(29)30)18(14-4-6-15(33-3)7-5-14)22-17(9-11-26)13(2)20(28-22)24(31)32/h4-7,18,27-28H,8-11H2,1-3H3,(H,29,30)(H,31,32). The van der Waals surface area contributed by atoms with Crippen LogP contribution in [0.1, 0.15) is 66.1 Å². The summed E-state index contributed by atoms with van der Waals surface area (Å²) in [6.45, 7) is 3.50. The largest absolute Gasteiger partial charge is 0.497 e. The quantitative estimate of drug-likeness (QED) is 0.293. The Kier molecular flexibility index (Phi) is 7.76. The highest BCUT2D eigenvalue weighted by atomic mass is 35.5. The molecule has 1 aromatic carbocycles. The molecule has 0 saturated carbocycles. The van der Waals surface area contributed by atoms with Crippen molar-refractivity contribution in [3.63, 3.8) is 0 Å². The predicted octanol–water partition coefficient (Wildman–Crippen LogP) is 5.11. The number of benzene rings is 1. The molecule has 7 nitrogen and oxygen atoms in total. The van der Waals surface area contributed by atoms with E-state index in [1.807, 2.05) is 24.3 Å². The average Bonchev–Trinajstić information content (AvgIpc) is 3.28. The summed E-state index contributed by atoms with van der Waals surface area (Å²) in [5, 5.41) is 19.5. The van der Waals surface area contributed by atoms with Gasteiger partial charge in [-0.05, 0) is 66.6 Å². The summed E-state index contributed by atoms with van der Waals surface area (Å²) in [6, 6.07) is 7.39. The van der Waals surface area contributed by atoms with Gasteiger partial charge in [-0.3, -0.25) is 0 Å². The first-order chi connectivity index (χ1) is 15.7. The number of ether oxygens (including phenoxy) is 1. The van der Waals surface area contributed by atoms with Crippen molar-refractivity contribution < 1.29 is 24.5 Å². The van der Waals surface area contributed by atoms with Crippen molar-refractivity contribution in [1.29, 1.82) is 0 Å². The van der Waals surface area contributed by atoms with Gasteiger partial charge in [0.1, 0.15) is 17.1 Å². The molecule has 0 aliphatic heterocycles. The van der Waals surface area contributed by atoms with E-state index in [9.17, 15) is 19.8 Å². The molecule has 0 radical (unpaired) electrons. The maximum Gasteiger partial charge on any atom is 0.352 e. The number of hydrogen-bond acceptors (Lipinski definition) is 3. The highest BCUT2D eigenvalue weighted by Gasteiger charge is 2.31. The summed E-state index contributed by atoms with van der Waals surface area (Å²) in [5.74, 6) is -1.36. The van der Waals surface area contributed by atoms with E-state index < -0.39 is 17.9 Å². The molecular formula is C24H26Cl2N2O5. The zero-order valence-corrected chi connectivity index (χ0v) is 20.1. The molecule has 3 aromatic rings. The smallest absolute Gasteiger partial charge is 0.352 e. The maximum atomic E-state index is 11.9. The zero-order chi connectivity index (χ0) is 24.3. The Morgan fingerprint density at radius 3 is 1.64 bits per heavy atom. The maximum absolute atomic E-state index is 11.9. The van der Waals surface area contributed by atoms with Crippen LogP contribution in [-0.2, 0) is 12.8 Å². The Hall–Kier alpha value is -2.90. The van der Waals surface area contributed by atoms with Gasteiger partial charge in [0.15, 0.2) is 0 Å². The monoisotopic (exact) mass is 492 g/mol. The van der Waals surface area contributed by atoms with Gasteiger partial charge in [-0.2, -0.15) is 0 Å². The lowest BCUT2D eigenvalue weighted by Crippen LogP contribution is -2.11. The van der Waals surface area contributed by atoms with Crippen LogP contribution in [0.25, 0.3) is 0 Å². The molecule has 0 aliphatic carbocycles. The third-order valence-electron chi connectivity index (χ3n) is 5.97. The first-order valence-corrected chi connectivity index (χ1v) is 11.5. The third kappa shape index (κ3) is 4.75. The Morgan fingerprint density at radius 1 is 0.879 bits per heavy atom. The second-order valence-electron chi connectivity index (χ2n) is 7.73. The lowest BCUT2D eigenvalue weighted by molar-refractivity contribution is 0.0679.